The van der Waals surface area contributed by atoms with Crippen molar-refractivity contribution in [3.8, 4) is 5.75 Å². The number of nitrogens with zero attached hydrogens (tertiary/aromatic N) is 2. The highest BCUT2D eigenvalue weighted by molar-refractivity contribution is 6.07. The summed E-state index contributed by atoms with van der Waals surface area (Å²) in [5.74, 6) is -0.179. The van der Waals surface area contributed by atoms with E-state index in [2.05, 4.69) is 10.7 Å². The van der Waals surface area contributed by atoms with Crippen molar-refractivity contribution < 1.29 is 19.1 Å². The number of fused-ring (bicyclic) bond motifs is 1. The molecule has 4 amide bonds. The number of ether oxygens (including phenoxy) is 1. The molecule has 1 saturated heterocycles. The Labute approximate surface area is 187 Å². The van der Waals surface area contributed by atoms with E-state index >= 15 is 0 Å². The molecule has 1 fully saturated rings. The van der Waals surface area contributed by atoms with Gasteiger partial charge in [-0.2, -0.15) is 5.01 Å². The fraction of sp³-hybridized carbons (Fsp3) is 0.375. The highest BCUT2D eigenvalue weighted by Crippen LogP contribution is 2.35. The Hall–Kier alpha value is -3.55. The van der Waals surface area contributed by atoms with E-state index in [0.29, 0.717) is 25.1 Å². The number of hydrazine groups is 1. The van der Waals surface area contributed by atoms with E-state index in [9.17, 15) is 14.4 Å². The molecular weight excluding hydrogens is 408 g/mol. The number of aryl methyl sites for hydroxylation is 2. The molecule has 2 N–H and O–H groups in total. The van der Waals surface area contributed by atoms with Crippen molar-refractivity contribution in [3.63, 3.8) is 0 Å². The summed E-state index contributed by atoms with van der Waals surface area (Å²) in [5.41, 5.74) is 4.52. The van der Waals surface area contributed by atoms with Gasteiger partial charge in [-0.3, -0.25) is 15.0 Å². The van der Waals surface area contributed by atoms with Gasteiger partial charge in [-0.25, -0.2) is 4.79 Å². The van der Waals surface area contributed by atoms with Crippen LogP contribution in [0.4, 0.5) is 10.5 Å². The van der Waals surface area contributed by atoms with Crippen LogP contribution in [0.25, 0.3) is 0 Å². The Morgan fingerprint density at radius 1 is 1.16 bits per heavy atom. The minimum atomic E-state index is -1.07. The summed E-state index contributed by atoms with van der Waals surface area (Å²) in [6.07, 6.45) is 2.89. The summed E-state index contributed by atoms with van der Waals surface area (Å²) in [5, 5.41) is 3.54. The van der Waals surface area contributed by atoms with Gasteiger partial charge in [0, 0.05) is 6.54 Å². The molecule has 2 heterocycles. The van der Waals surface area contributed by atoms with E-state index in [1.165, 1.54) is 0 Å². The summed E-state index contributed by atoms with van der Waals surface area (Å²) in [4.78, 5) is 40.2. The predicted molar refractivity (Wildman–Crippen MR) is 120 cm³/mol. The summed E-state index contributed by atoms with van der Waals surface area (Å²) >= 11 is 0. The van der Waals surface area contributed by atoms with Crippen LogP contribution < -0.4 is 20.4 Å². The molecule has 0 aliphatic carbocycles. The zero-order valence-corrected chi connectivity index (χ0v) is 18.4. The lowest BCUT2D eigenvalue weighted by Gasteiger charge is -2.32. The molecule has 2 aliphatic rings. The average Bonchev–Trinajstić information content (AvgIpc) is 3.01. The molecule has 0 bridgehead atoms. The molecule has 2 aromatic carbocycles. The standard InChI is InChI=1S/C24H28N4O4/c1-24(14-13-17-8-4-3-5-9-17)22(30)28(23(31)25-24)26-20(29)16-27-15-7-11-18-10-6-12-19(32-2)21(18)27/h3-6,8-10,12H,7,11,13-16H2,1-2H3,(H,25,31)(H,26,29)/t24-/m1/s1. The van der Waals surface area contributed by atoms with Gasteiger partial charge in [0.2, 0.25) is 0 Å². The van der Waals surface area contributed by atoms with E-state index in [4.69, 9.17) is 4.74 Å². The van der Waals surface area contributed by atoms with Gasteiger partial charge in [0.15, 0.2) is 0 Å². The molecule has 0 aromatic heterocycles. The maximum atomic E-state index is 13.0. The number of carbonyl (C=O) groups is 3. The largest absolute Gasteiger partial charge is 0.495 e. The number of carbonyl (C=O) groups excluding carboxylic acids is 3. The Balaban J connectivity index is 1.41. The quantitative estimate of drug-likeness (QED) is 0.651. The van der Waals surface area contributed by atoms with Crippen molar-refractivity contribution in [1.82, 2.24) is 15.8 Å². The summed E-state index contributed by atoms with van der Waals surface area (Å²) in [6, 6.07) is 15.0. The average molecular weight is 437 g/mol. The van der Waals surface area contributed by atoms with Crippen LogP contribution in [0, 0.1) is 0 Å². The van der Waals surface area contributed by atoms with Crippen LogP contribution in [0.2, 0.25) is 0 Å². The Kier molecular flexibility index (Phi) is 6.03. The number of para-hydroxylation sites is 1. The van der Waals surface area contributed by atoms with Gasteiger partial charge in [0.25, 0.3) is 11.8 Å². The summed E-state index contributed by atoms with van der Waals surface area (Å²) < 4.78 is 5.48. The molecule has 8 nitrogen and oxygen atoms in total. The first-order chi connectivity index (χ1) is 15.4. The lowest BCUT2D eigenvalue weighted by atomic mass is 9.93. The van der Waals surface area contributed by atoms with Gasteiger partial charge in [0.05, 0.1) is 19.3 Å². The van der Waals surface area contributed by atoms with Crippen molar-refractivity contribution in [2.45, 2.75) is 38.1 Å². The highest BCUT2D eigenvalue weighted by Gasteiger charge is 2.48. The van der Waals surface area contributed by atoms with E-state index in [1.807, 2.05) is 53.4 Å². The monoisotopic (exact) mass is 436 g/mol. The second-order valence-electron chi connectivity index (χ2n) is 8.42. The van der Waals surface area contributed by atoms with Crippen LogP contribution in [0.1, 0.15) is 30.9 Å². The summed E-state index contributed by atoms with van der Waals surface area (Å²) in [6.45, 7) is 2.40. The number of hydrogen-bond acceptors (Lipinski definition) is 5. The number of benzene rings is 2. The number of urea groups is 1. The first kappa shape index (κ1) is 21.7. The molecule has 32 heavy (non-hydrogen) atoms. The van der Waals surface area contributed by atoms with Crippen LogP contribution in [-0.2, 0) is 22.4 Å². The fourth-order valence-electron chi connectivity index (χ4n) is 4.35. The van der Waals surface area contributed by atoms with Crippen LogP contribution in [-0.4, -0.2) is 48.6 Å². The smallest absolute Gasteiger partial charge is 0.344 e. The maximum Gasteiger partial charge on any atom is 0.344 e. The normalized spacial score (nSPS) is 20.1. The lowest BCUT2D eigenvalue weighted by Crippen LogP contribution is -2.51. The van der Waals surface area contributed by atoms with Crippen LogP contribution in [0.3, 0.4) is 0 Å². The molecule has 2 aromatic rings. The molecule has 4 rings (SSSR count). The Bertz CT molecular complexity index is 1010. The second-order valence-corrected chi connectivity index (χ2v) is 8.42. The van der Waals surface area contributed by atoms with E-state index in [0.717, 1.165) is 34.7 Å². The minimum Gasteiger partial charge on any atom is -0.495 e. The highest BCUT2D eigenvalue weighted by atomic mass is 16.5. The molecule has 1 atom stereocenters. The lowest BCUT2D eigenvalue weighted by molar-refractivity contribution is -0.138. The topological polar surface area (TPSA) is 91.0 Å². The van der Waals surface area contributed by atoms with Gasteiger partial charge >= 0.3 is 6.03 Å². The number of hydrogen-bond donors (Lipinski definition) is 2. The molecule has 8 heteroatoms. The molecule has 0 spiro atoms. The Morgan fingerprint density at radius 2 is 1.94 bits per heavy atom. The first-order valence-electron chi connectivity index (χ1n) is 10.8. The van der Waals surface area contributed by atoms with Crippen LogP contribution >= 0.6 is 0 Å². The van der Waals surface area contributed by atoms with Crippen molar-refractivity contribution in [2.24, 2.45) is 0 Å². The third-order valence-corrected chi connectivity index (χ3v) is 6.08. The number of amides is 4. The number of nitrogens with one attached hydrogen (secondary N) is 2. The molecule has 0 unspecified atom stereocenters. The van der Waals surface area contributed by atoms with Gasteiger partial charge in [-0.05, 0) is 49.8 Å². The molecular formula is C24H28N4O4. The van der Waals surface area contributed by atoms with Crippen molar-refractivity contribution in [3.05, 3.63) is 59.7 Å². The zero-order chi connectivity index (χ0) is 22.7. The SMILES string of the molecule is COc1cccc2c1N(CC(=O)NN1C(=O)N[C@](C)(CCc3ccccc3)C1=O)CCC2. The molecule has 168 valence electrons. The summed E-state index contributed by atoms with van der Waals surface area (Å²) in [7, 11) is 1.60. The van der Waals surface area contributed by atoms with E-state index < -0.39 is 23.4 Å². The van der Waals surface area contributed by atoms with E-state index in [-0.39, 0.29) is 6.54 Å². The molecule has 2 aliphatic heterocycles. The van der Waals surface area contributed by atoms with Gasteiger partial charge in [-0.1, -0.05) is 42.5 Å². The van der Waals surface area contributed by atoms with Gasteiger partial charge in [0.1, 0.15) is 11.3 Å². The Morgan fingerprint density at radius 3 is 2.69 bits per heavy atom. The van der Waals surface area contributed by atoms with Crippen molar-refractivity contribution >= 4 is 23.5 Å². The molecule has 0 radical (unpaired) electrons. The number of rotatable bonds is 7. The third-order valence-electron chi connectivity index (χ3n) is 6.08. The molecule has 0 saturated carbocycles. The van der Waals surface area contributed by atoms with Gasteiger partial charge in [-0.15, -0.1) is 0 Å². The maximum absolute atomic E-state index is 13.0. The minimum absolute atomic E-state index is 0.0190. The second kappa shape index (κ2) is 8.90. The van der Waals surface area contributed by atoms with Crippen LogP contribution in [0.15, 0.2) is 48.5 Å². The predicted octanol–water partition coefficient (Wildman–Crippen LogP) is 2.42. The van der Waals surface area contributed by atoms with Gasteiger partial charge < -0.3 is 15.0 Å². The van der Waals surface area contributed by atoms with Crippen molar-refractivity contribution in [1.29, 1.82) is 0 Å². The third kappa shape index (κ3) is 4.26. The fourth-order valence-corrected chi connectivity index (χ4v) is 4.35. The van der Waals surface area contributed by atoms with Crippen LogP contribution in [0.5, 0.6) is 5.75 Å². The van der Waals surface area contributed by atoms with E-state index in [1.54, 1.807) is 14.0 Å². The van der Waals surface area contributed by atoms with Crippen molar-refractivity contribution in [2.75, 3.05) is 25.1 Å². The number of anilines is 1. The number of imide groups is 1. The first-order valence-corrected chi connectivity index (χ1v) is 10.8. The zero-order valence-electron chi connectivity index (χ0n) is 18.4. The number of methoxy groups -OCH3 is 1.